The van der Waals surface area contributed by atoms with Crippen LogP contribution in [0.2, 0.25) is 0 Å². The molecule has 0 aliphatic heterocycles. The van der Waals surface area contributed by atoms with Gasteiger partial charge in [-0.15, -0.1) is 0 Å². The number of esters is 1. The molecule has 5 nitrogen and oxygen atoms in total. The summed E-state index contributed by atoms with van der Waals surface area (Å²) in [6.45, 7) is 0.225. The van der Waals surface area contributed by atoms with E-state index >= 15 is 0 Å². The number of amides is 1. The Morgan fingerprint density at radius 1 is 1.39 bits per heavy atom. The molecule has 1 aromatic rings. The lowest BCUT2D eigenvalue weighted by Gasteiger charge is -2.05. The molecule has 0 saturated heterocycles. The largest absolute Gasteiger partial charge is 0.469 e. The number of ether oxygens (including phenoxy) is 1. The van der Waals surface area contributed by atoms with Crippen LogP contribution < -0.4 is 11.1 Å². The monoisotopic (exact) mass is 266 g/mol. The molecule has 0 unspecified atom stereocenters. The van der Waals surface area contributed by atoms with Crippen LogP contribution in [-0.2, 0) is 9.53 Å². The van der Waals surface area contributed by atoms with Crippen molar-refractivity contribution in [2.75, 3.05) is 13.7 Å². The van der Waals surface area contributed by atoms with Crippen LogP contribution in [0.25, 0.3) is 0 Å². The van der Waals surface area contributed by atoms with Gasteiger partial charge >= 0.3 is 5.97 Å². The first kappa shape index (κ1) is 14.1. The van der Waals surface area contributed by atoms with E-state index in [1.807, 2.05) is 0 Å². The molecule has 0 aliphatic carbocycles. The molecule has 1 aromatic carbocycles. The highest BCUT2D eigenvalue weighted by Gasteiger charge is 2.07. The van der Waals surface area contributed by atoms with E-state index in [1.54, 1.807) is 24.3 Å². The summed E-state index contributed by atoms with van der Waals surface area (Å²) in [5.41, 5.74) is 6.56. The van der Waals surface area contributed by atoms with E-state index in [4.69, 9.17) is 18.0 Å². The quantitative estimate of drug-likeness (QED) is 0.603. The maximum Gasteiger partial charge on any atom is 0.307 e. The molecule has 18 heavy (non-hydrogen) atoms. The standard InChI is InChI=1S/C12H14N2O3S/c1-17-10(15)5-6-14-12(16)9-4-2-3-8(7-9)11(13)18/h2-4,7H,5-6H2,1H3,(H2,13,18)(H,14,16). The topological polar surface area (TPSA) is 81.4 Å². The minimum atomic E-state index is -0.368. The average molecular weight is 266 g/mol. The van der Waals surface area contributed by atoms with Gasteiger partial charge in [-0.3, -0.25) is 9.59 Å². The van der Waals surface area contributed by atoms with Crippen molar-refractivity contribution >= 4 is 29.1 Å². The number of benzene rings is 1. The summed E-state index contributed by atoms with van der Waals surface area (Å²) in [6.07, 6.45) is 0.136. The Morgan fingerprint density at radius 3 is 2.67 bits per heavy atom. The van der Waals surface area contributed by atoms with Crippen LogP contribution in [0.1, 0.15) is 22.3 Å². The molecule has 0 radical (unpaired) electrons. The molecule has 0 aliphatic rings. The van der Waals surface area contributed by atoms with E-state index in [-0.39, 0.29) is 29.8 Å². The first-order valence-corrected chi connectivity index (χ1v) is 5.70. The second-order valence-corrected chi connectivity index (χ2v) is 3.97. The SMILES string of the molecule is COC(=O)CCNC(=O)c1cccc(C(N)=S)c1. The molecule has 0 heterocycles. The van der Waals surface area contributed by atoms with Crippen molar-refractivity contribution in [2.45, 2.75) is 6.42 Å². The lowest BCUT2D eigenvalue weighted by atomic mass is 10.1. The zero-order valence-electron chi connectivity index (χ0n) is 9.93. The average Bonchev–Trinajstić information content (AvgIpc) is 2.38. The van der Waals surface area contributed by atoms with Gasteiger partial charge in [-0.25, -0.2) is 0 Å². The lowest BCUT2D eigenvalue weighted by Crippen LogP contribution is -2.26. The van der Waals surface area contributed by atoms with Crippen molar-refractivity contribution in [2.24, 2.45) is 5.73 Å². The van der Waals surface area contributed by atoms with Gasteiger partial charge in [0.2, 0.25) is 0 Å². The van der Waals surface area contributed by atoms with Crippen molar-refractivity contribution in [3.05, 3.63) is 35.4 Å². The molecule has 0 fully saturated rings. The minimum Gasteiger partial charge on any atom is -0.469 e. The molecular formula is C12H14N2O3S. The van der Waals surface area contributed by atoms with Gasteiger partial charge in [0.1, 0.15) is 4.99 Å². The van der Waals surface area contributed by atoms with Gasteiger partial charge < -0.3 is 15.8 Å². The highest BCUT2D eigenvalue weighted by atomic mass is 32.1. The molecular weight excluding hydrogens is 252 g/mol. The van der Waals surface area contributed by atoms with Crippen LogP contribution in [-0.4, -0.2) is 30.5 Å². The van der Waals surface area contributed by atoms with E-state index in [1.165, 1.54) is 7.11 Å². The van der Waals surface area contributed by atoms with E-state index in [9.17, 15) is 9.59 Å². The van der Waals surface area contributed by atoms with Crippen LogP contribution in [0.3, 0.4) is 0 Å². The number of carbonyl (C=O) groups is 2. The normalized spacial score (nSPS) is 9.61. The fourth-order valence-corrected chi connectivity index (χ4v) is 1.42. The molecule has 0 saturated carbocycles. The van der Waals surface area contributed by atoms with Crippen LogP contribution in [0.5, 0.6) is 0 Å². The summed E-state index contributed by atoms with van der Waals surface area (Å²) >= 11 is 4.83. The van der Waals surface area contributed by atoms with Crippen molar-refractivity contribution in [3.63, 3.8) is 0 Å². The zero-order valence-corrected chi connectivity index (χ0v) is 10.8. The molecule has 0 bridgehead atoms. The van der Waals surface area contributed by atoms with Gasteiger partial charge in [-0.1, -0.05) is 24.4 Å². The van der Waals surface area contributed by atoms with Gasteiger partial charge in [0.25, 0.3) is 5.91 Å². The van der Waals surface area contributed by atoms with Crippen LogP contribution >= 0.6 is 12.2 Å². The van der Waals surface area contributed by atoms with Crippen molar-refractivity contribution < 1.29 is 14.3 Å². The zero-order chi connectivity index (χ0) is 13.5. The van der Waals surface area contributed by atoms with Gasteiger partial charge in [-0.05, 0) is 12.1 Å². The van der Waals surface area contributed by atoms with Crippen LogP contribution in [0.15, 0.2) is 24.3 Å². The Labute approximate surface area is 110 Å². The third kappa shape index (κ3) is 4.14. The first-order valence-electron chi connectivity index (χ1n) is 5.29. The number of thiocarbonyl (C=S) groups is 1. The number of hydrogen-bond acceptors (Lipinski definition) is 4. The minimum absolute atomic E-state index is 0.136. The molecule has 3 N–H and O–H groups in total. The Bertz CT molecular complexity index is 474. The van der Waals surface area contributed by atoms with Crippen molar-refractivity contribution in [3.8, 4) is 0 Å². The first-order chi connectivity index (χ1) is 8.54. The smallest absolute Gasteiger partial charge is 0.307 e. The summed E-state index contributed by atoms with van der Waals surface area (Å²) in [4.78, 5) is 22.8. The van der Waals surface area contributed by atoms with Gasteiger partial charge in [0.15, 0.2) is 0 Å². The Balaban J connectivity index is 2.59. The summed E-state index contributed by atoms with van der Waals surface area (Å²) in [5.74, 6) is -0.649. The maximum atomic E-state index is 11.7. The highest BCUT2D eigenvalue weighted by Crippen LogP contribution is 2.05. The fraction of sp³-hybridized carbons (Fsp3) is 0.250. The van der Waals surface area contributed by atoms with Crippen LogP contribution in [0.4, 0.5) is 0 Å². The molecule has 96 valence electrons. The summed E-state index contributed by atoms with van der Waals surface area (Å²) < 4.78 is 4.46. The second kappa shape index (κ2) is 6.70. The Hall–Kier alpha value is -1.95. The number of methoxy groups -OCH3 is 1. The molecule has 0 aromatic heterocycles. The predicted octanol–water partition coefficient (Wildman–Crippen LogP) is 0.614. The maximum absolute atomic E-state index is 11.7. The number of nitrogens with one attached hydrogen (secondary N) is 1. The predicted molar refractivity (Wildman–Crippen MR) is 71.3 cm³/mol. The third-order valence-corrected chi connectivity index (χ3v) is 2.49. The highest BCUT2D eigenvalue weighted by molar-refractivity contribution is 7.80. The molecule has 1 rings (SSSR count). The second-order valence-electron chi connectivity index (χ2n) is 3.53. The molecule has 0 atom stereocenters. The summed E-state index contributed by atoms with van der Waals surface area (Å²) in [6, 6.07) is 6.68. The van der Waals surface area contributed by atoms with Crippen molar-refractivity contribution in [1.82, 2.24) is 5.32 Å². The van der Waals surface area contributed by atoms with Crippen LogP contribution in [0, 0.1) is 0 Å². The lowest BCUT2D eigenvalue weighted by molar-refractivity contribution is -0.140. The third-order valence-electron chi connectivity index (χ3n) is 2.25. The Kier molecular flexibility index (Phi) is 5.26. The van der Waals surface area contributed by atoms with E-state index in [0.717, 1.165) is 0 Å². The summed E-state index contributed by atoms with van der Waals surface area (Å²) in [7, 11) is 1.30. The molecule has 1 amide bonds. The number of carbonyl (C=O) groups excluding carboxylic acids is 2. The number of nitrogens with two attached hydrogens (primary N) is 1. The summed E-state index contributed by atoms with van der Waals surface area (Å²) in [5, 5.41) is 2.61. The van der Waals surface area contributed by atoms with Gasteiger partial charge in [0.05, 0.1) is 13.5 Å². The Morgan fingerprint density at radius 2 is 2.06 bits per heavy atom. The number of hydrogen-bond donors (Lipinski definition) is 2. The fourth-order valence-electron chi connectivity index (χ4n) is 1.30. The molecule has 0 spiro atoms. The van der Waals surface area contributed by atoms with E-state index < -0.39 is 0 Å². The number of rotatable bonds is 5. The van der Waals surface area contributed by atoms with E-state index in [0.29, 0.717) is 11.1 Å². The molecule has 6 heteroatoms. The van der Waals surface area contributed by atoms with Gasteiger partial charge in [-0.2, -0.15) is 0 Å². The van der Waals surface area contributed by atoms with Gasteiger partial charge in [0, 0.05) is 17.7 Å². The van der Waals surface area contributed by atoms with E-state index in [2.05, 4.69) is 10.1 Å². The van der Waals surface area contributed by atoms with Crippen molar-refractivity contribution in [1.29, 1.82) is 0 Å².